The number of carbonyl (C=O) groups excluding carboxylic acids is 1. The monoisotopic (exact) mass is 459 g/mol. The molecule has 0 fully saturated rings. The van der Waals surface area contributed by atoms with Gasteiger partial charge in [-0.05, 0) is 31.5 Å². The largest absolute Gasteiger partial charge is 0.463 e. The summed E-state index contributed by atoms with van der Waals surface area (Å²) in [6.07, 6.45) is -0.776. The van der Waals surface area contributed by atoms with Crippen molar-refractivity contribution in [3.05, 3.63) is 109 Å². The van der Waals surface area contributed by atoms with E-state index in [0.717, 1.165) is 38.8 Å². The zero-order chi connectivity index (χ0) is 24.2. The Morgan fingerprint density at radius 2 is 1.40 bits per heavy atom. The number of hydrogen-bond acceptors (Lipinski definition) is 4. The number of carbonyl (C=O) groups is 1. The van der Waals surface area contributed by atoms with Crippen LogP contribution in [0.4, 0.5) is 5.69 Å². The van der Waals surface area contributed by atoms with Gasteiger partial charge in [-0.1, -0.05) is 96.6 Å². The van der Waals surface area contributed by atoms with Crippen molar-refractivity contribution >= 4 is 22.4 Å². The molecular weight excluding hydrogens is 434 g/mol. The van der Waals surface area contributed by atoms with Crippen molar-refractivity contribution in [2.45, 2.75) is 20.0 Å². The number of hydrogen-bond donors (Lipinski definition) is 1. The minimum absolute atomic E-state index is 0.262. The van der Waals surface area contributed by atoms with E-state index in [1.165, 1.54) is 5.56 Å². The fourth-order valence-corrected chi connectivity index (χ4v) is 4.01. The van der Waals surface area contributed by atoms with Crippen LogP contribution in [0.5, 0.6) is 5.88 Å². The molecule has 1 heterocycles. The summed E-state index contributed by atoms with van der Waals surface area (Å²) in [5.41, 5.74) is 5.64. The van der Waals surface area contributed by atoms with Crippen molar-refractivity contribution in [1.82, 2.24) is 10.2 Å². The second-order valence-corrected chi connectivity index (χ2v) is 8.43. The third kappa shape index (κ3) is 4.75. The van der Waals surface area contributed by atoms with Crippen LogP contribution in [-0.2, 0) is 4.79 Å². The number of aryl methyl sites for hydroxylation is 1. The fourth-order valence-electron chi connectivity index (χ4n) is 4.01. The van der Waals surface area contributed by atoms with Crippen molar-refractivity contribution in [3.8, 4) is 28.3 Å². The number of fused-ring (bicyclic) bond motifs is 1. The molecule has 0 unspecified atom stereocenters. The van der Waals surface area contributed by atoms with Crippen LogP contribution in [-0.4, -0.2) is 22.2 Å². The van der Waals surface area contributed by atoms with Crippen LogP contribution in [0.3, 0.4) is 0 Å². The molecule has 0 aliphatic rings. The lowest BCUT2D eigenvalue weighted by molar-refractivity contribution is -0.122. The standard InChI is InChI=1S/C30H25N3O2/c1-20-16-18-23(19-17-20)28-25-13-6-7-14-26(25)30(33-32-28)35-21(2)29(34)31-27-15-9-8-12-24(27)22-10-4-3-5-11-22/h3-19,21H,1-2H3,(H,31,34)/t21-/m0/s1. The Labute approximate surface area is 204 Å². The molecule has 1 atom stereocenters. The van der Waals surface area contributed by atoms with Gasteiger partial charge in [0.15, 0.2) is 6.10 Å². The van der Waals surface area contributed by atoms with Gasteiger partial charge in [-0.3, -0.25) is 4.79 Å². The molecule has 5 rings (SSSR count). The van der Waals surface area contributed by atoms with E-state index in [0.29, 0.717) is 5.88 Å². The third-order valence-corrected chi connectivity index (χ3v) is 5.91. The van der Waals surface area contributed by atoms with Crippen molar-refractivity contribution in [2.75, 3.05) is 5.32 Å². The Bertz CT molecular complexity index is 1480. The van der Waals surface area contributed by atoms with Gasteiger partial charge >= 0.3 is 0 Å². The second kappa shape index (κ2) is 9.77. The van der Waals surface area contributed by atoms with E-state index in [-0.39, 0.29) is 5.91 Å². The molecule has 1 aromatic heterocycles. The van der Waals surface area contributed by atoms with Gasteiger partial charge < -0.3 is 10.1 Å². The number of para-hydroxylation sites is 1. The molecule has 5 aromatic rings. The van der Waals surface area contributed by atoms with Gasteiger partial charge in [-0.2, -0.15) is 0 Å². The van der Waals surface area contributed by atoms with Crippen molar-refractivity contribution in [3.63, 3.8) is 0 Å². The van der Waals surface area contributed by atoms with Crippen LogP contribution in [0.15, 0.2) is 103 Å². The maximum absolute atomic E-state index is 13.1. The maximum atomic E-state index is 13.1. The highest BCUT2D eigenvalue weighted by atomic mass is 16.5. The highest BCUT2D eigenvalue weighted by Gasteiger charge is 2.20. The minimum Gasteiger partial charge on any atom is -0.463 e. The van der Waals surface area contributed by atoms with Crippen LogP contribution in [0.25, 0.3) is 33.2 Å². The Morgan fingerprint density at radius 1 is 0.743 bits per heavy atom. The van der Waals surface area contributed by atoms with Crippen LogP contribution in [0.1, 0.15) is 12.5 Å². The number of aromatic nitrogens is 2. The Hall–Kier alpha value is -4.51. The molecular formula is C30H25N3O2. The number of nitrogens with zero attached hydrogens (tertiary/aromatic N) is 2. The molecule has 0 aliphatic heterocycles. The summed E-state index contributed by atoms with van der Waals surface area (Å²) in [4.78, 5) is 13.1. The van der Waals surface area contributed by atoms with Gasteiger partial charge in [0.2, 0.25) is 5.88 Å². The first-order valence-electron chi connectivity index (χ1n) is 11.5. The van der Waals surface area contributed by atoms with Gasteiger partial charge in [0.05, 0.1) is 0 Å². The number of nitrogens with one attached hydrogen (secondary N) is 1. The van der Waals surface area contributed by atoms with E-state index in [1.807, 2.05) is 91.0 Å². The van der Waals surface area contributed by atoms with Gasteiger partial charge in [0.1, 0.15) is 5.69 Å². The van der Waals surface area contributed by atoms with Crippen LogP contribution >= 0.6 is 0 Å². The van der Waals surface area contributed by atoms with Crippen molar-refractivity contribution in [2.24, 2.45) is 0 Å². The molecule has 172 valence electrons. The first kappa shape index (κ1) is 22.3. The number of benzene rings is 4. The average Bonchev–Trinajstić information content (AvgIpc) is 2.90. The lowest BCUT2D eigenvalue weighted by Crippen LogP contribution is -2.30. The lowest BCUT2D eigenvalue weighted by atomic mass is 10.0. The van der Waals surface area contributed by atoms with Crippen LogP contribution < -0.4 is 10.1 Å². The number of anilines is 1. The molecule has 35 heavy (non-hydrogen) atoms. The normalized spacial score (nSPS) is 11.7. The quantitative estimate of drug-likeness (QED) is 0.308. The van der Waals surface area contributed by atoms with Gasteiger partial charge in [-0.25, -0.2) is 0 Å². The van der Waals surface area contributed by atoms with Crippen LogP contribution in [0.2, 0.25) is 0 Å². The SMILES string of the molecule is Cc1ccc(-c2nnc(O[C@@H](C)C(=O)Nc3ccccc3-c3ccccc3)c3ccccc23)cc1. The molecule has 0 spiro atoms. The Kier molecular flexibility index (Phi) is 6.22. The topological polar surface area (TPSA) is 64.1 Å². The van der Waals surface area contributed by atoms with Gasteiger partial charge in [-0.15, -0.1) is 10.2 Å². The summed E-state index contributed by atoms with van der Waals surface area (Å²) >= 11 is 0. The molecule has 1 N–H and O–H groups in total. The molecule has 0 saturated heterocycles. The maximum Gasteiger partial charge on any atom is 0.265 e. The molecule has 0 radical (unpaired) electrons. The zero-order valence-corrected chi connectivity index (χ0v) is 19.6. The first-order valence-corrected chi connectivity index (χ1v) is 11.5. The van der Waals surface area contributed by atoms with E-state index in [2.05, 4.69) is 34.6 Å². The predicted molar refractivity (Wildman–Crippen MR) is 140 cm³/mol. The lowest BCUT2D eigenvalue weighted by Gasteiger charge is -2.17. The smallest absolute Gasteiger partial charge is 0.265 e. The summed E-state index contributed by atoms with van der Waals surface area (Å²) in [6, 6.07) is 33.7. The molecule has 0 bridgehead atoms. The molecule has 1 amide bonds. The van der Waals surface area contributed by atoms with Crippen molar-refractivity contribution in [1.29, 1.82) is 0 Å². The minimum atomic E-state index is -0.776. The molecule has 0 saturated carbocycles. The van der Waals surface area contributed by atoms with E-state index >= 15 is 0 Å². The third-order valence-electron chi connectivity index (χ3n) is 5.91. The molecule has 0 aliphatic carbocycles. The zero-order valence-electron chi connectivity index (χ0n) is 19.6. The summed E-state index contributed by atoms with van der Waals surface area (Å²) in [5, 5.41) is 13.5. The van der Waals surface area contributed by atoms with Gasteiger partial charge in [0, 0.05) is 27.6 Å². The predicted octanol–water partition coefficient (Wildman–Crippen LogP) is 6.68. The van der Waals surface area contributed by atoms with E-state index < -0.39 is 6.10 Å². The first-order chi connectivity index (χ1) is 17.1. The summed E-state index contributed by atoms with van der Waals surface area (Å²) in [6.45, 7) is 3.76. The Balaban J connectivity index is 1.40. The van der Waals surface area contributed by atoms with E-state index in [4.69, 9.17) is 4.74 Å². The van der Waals surface area contributed by atoms with Gasteiger partial charge in [0.25, 0.3) is 5.91 Å². The highest BCUT2D eigenvalue weighted by molar-refractivity contribution is 5.99. The average molecular weight is 460 g/mol. The summed E-state index contributed by atoms with van der Waals surface area (Å²) in [7, 11) is 0. The number of amides is 1. The van der Waals surface area contributed by atoms with E-state index in [9.17, 15) is 4.79 Å². The molecule has 5 nitrogen and oxygen atoms in total. The molecule has 4 aromatic carbocycles. The summed E-state index contributed by atoms with van der Waals surface area (Å²) < 4.78 is 6.03. The highest BCUT2D eigenvalue weighted by Crippen LogP contribution is 2.32. The molecule has 5 heteroatoms. The van der Waals surface area contributed by atoms with E-state index in [1.54, 1.807) is 6.92 Å². The second-order valence-electron chi connectivity index (χ2n) is 8.43. The Morgan fingerprint density at radius 3 is 2.17 bits per heavy atom. The summed E-state index contributed by atoms with van der Waals surface area (Å²) in [5.74, 6) is 0.0670. The number of ether oxygens (including phenoxy) is 1. The van der Waals surface area contributed by atoms with Crippen LogP contribution in [0, 0.1) is 6.92 Å². The van der Waals surface area contributed by atoms with Crippen molar-refractivity contribution < 1.29 is 9.53 Å². The number of rotatable bonds is 6. The fraction of sp³-hybridized carbons (Fsp3) is 0.100.